The Morgan fingerprint density at radius 2 is 0.947 bits per heavy atom. The van der Waals surface area contributed by atoms with Crippen molar-refractivity contribution in [2.45, 2.75) is 34.1 Å². The van der Waals surface area contributed by atoms with Crippen molar-refractivity contribution in [2.75, 3.05) is 0 Å². The zero-order valence-electron chi connectivity index (χ0n) is 32.1. The van der Waals surface area contributed by atoms with Gasteiger partial charge in [0.1, 0.15) is 0 Å². The number of nitrogens with zero attached hydrogens (tertiary/aromatic N) is 2. The largest absolute Gasteiger partial charge is 0.453 e. The van der Waals surface area contributed by atoms with Gasteiger partial charge >= 0.3 is 0 Å². The molecule has 0 saturated carbocycles. The van der Waals surface area contributed by atoms with Crippen LogP contribution in [0.1, 0.15) is 33.4 Å². The van der Waals surface area contributed by atoms with E-state index in [1.165, 1.54) is 99.3 Å². The highest BCUT2D eigenvalue weighted by molar-refractivity contribution is 6.15. The molecule has 0 spiro atoms. The molecule has 0 unspecified atom stereocenters. The number of ether oxygens (including phenoxy) is 2. The maximum atomic E-state index is 6.59. The summed E-state index contributed by atoms with van der Waals surface area (Å²) in [6.07, 6.45) is 0.915. The lowest BCUT2D eigenvalue weighted by Gasteiger charge is -2.21. The zero-order valence-corrected chi connectivity index (χ0v) is 32.1. The molecule has 4 heteroatoms. The van der Waals surface area contributed by atoms with Gasteiger partial charge in [-0.05, 0) is 186 Å². The molecule has 8 aromatic carbocycles. The van der Waals surface area contributed by atoms with Crippen molar-refractivity contribution in [2.24, 2.45) is 0 Å². The lowest BCUT2D eigenvalue weighted by Crippen LogP contribution is -2.04. The molecule has 270 valence electrons. The third kappa shape index (κ3) is 4.22. The number of aromatic nitrogens is 2. The summed E-state index contributed by atoms with van der Waals surface area (Å²) < 4.78 is 18.0. The van der Waals surface area contributed by atoms with E-state index in [1.807, 2.05) is 0 Å². The van der Waals surface area contributed by atoms with E-state index in [0.29, 0.717) is 0 Å². The SMILES string of the molecule is Cc1ccc2c(c1)Oc1cc(C)cc3c4cc(-c5cc(-c6ccc7c(c6)c6cc(C)cc8c6n7-c6ccc(C)cc6O8)c6c(c5)-c5ccccc5C6)ccc4n-2c13. The lowest BCUT2D eigenvalue weighted by molar-refractivity contribution is 0.475. The van der Waals surface area contributed by atoms with E-state index >= 15 is 0 Å². The van der Waals surface area contributed by atoms with Crippen molar-refractivity contribution in [3.63, 3.8) is 0 Å². The molecule has 2 aliphatic heterocycles. The van der Waals surface area contributed by atoms with Crippen LogP contribution in [0.25, 0.3) is 88.4 Å². The normalized spacial score (nSPS) is 13.1. The molecule has 0 N–H and O–H groups in total. The van der Waals surface area contributed by atoms with Gasteiger partial charge in [-0.25, -0.2) is 0 Å². The van der Waals surface area contributed by atoms with Gasteiger partial charge in [-0.2, -0.15) is 0 Å². The molecule has 13 rings (SSSR count). The summed E-state index contributed by atoms with van der Waals surface area (Å²) in [5.74, 6) is 3.63. The molecule has 0 saturated heterocycles. The van der Waals surface area contributed by atoms with Crippen LogP contribution < -0.4 is 9.47 Å². The Labute approximate surface area is 329 Å². The van der Waals surface area contributed by atoms with E-state index < -0.39 is 0 Å². The summed E-state index contributed by atoms with van der Waals surface area (Å²) in [4.78, 5) is 0. The number of benzene rings is 8. The van der Waals surface area contributed by atoms with Gasteiger partial charge in [0.2, 0.25) is 0 Å². The fourth-order valence-corrected chi connectivity index (χ4v) is 10.2. The number of hydrogen-bond donors (Lipinski definition) is 0. The van der Waals surface area contributed by atoms with E-state index in [2.05, 4.69) is 170 Å². The molecule has 0 bridgehead atoms. The third-order valence-electron chi connectivity index (χ3n) is 12.7. The molecular weight excluding hydrogens is 697 g/mol. The van der Waals surface area contributed by atoms with E-state index in [-0.39, 0.29) is 0 Å². The Kier molecular flexibility index (Phi) is 5.93. The van der Waals surface area contributed by atoms with Crippen LogP contribution >= 0.6 is 0 Å². The first kappa shape index (κ1) is 31.2. The van der Waals surface area contributed by atoms with Crippen LogP contribution in [0.5, 0.6) is 23.0 Å². The highest BCUT2D eigenvalue weighted by Crippen LogP contribution is 2.51. The Bertz CT molecular complexity index is 3490. The van der Waals surface area contributed by atoms with E-state index in [9.17, 15) is 0 Å². The van der Waals surface area contributed by atoms with Crippen molar-refractivity contribution in [1.82, 2.24) is 9.13 Å². The molecule has 1 aliphatic carbocycles. The summed E-state index contributed by atoms with van der Waals surface area (Å²) in [6.45, 7) is 8.57. The van der Waals surface area contributed by atoms with Gasteiger partial charge in [0.15, 0.2) is 23.0 Å². The fourth-order valence-electron chi connectivity index (χ4n) is 10.2. The molecular formula is C53H36N2O2. The molecule has 0 atom stereocenters. The average Bonchev–Trinajstić information content (AvgIpc) is 3.86. The average molecular weight is 733 g/mol. The Balaban J connectivity index is 1.05. The maximum Gasteiger partial charge on any atom is 0.152 e. The predicted octanol–water partition coefficient (Wildman–Crippen LogP) is 14.2. The summed E-state index contributed by atoms with van der Waals surface area (Å²) >= 11 is 0. The smallest absolute Gasteiger partial charge is 0.152 e. The van der Waals surface area contributed by atoms with E-state index in [0.717, 1.165) is 51.8 Å². The quantitative estimate of drug-likeness (QED) is 0.177. The van der Waals surface area contributed by atoms with Crippen LogP contribution in [0.3, 0.4) is 0 Å². The maximum absolute atomic E-state index is 6.59. The van der Waals surface area contributed by atoms with Gasteiger partial charge in [-0.15, -0.1) is 0 Å². The first-order chi connectivity index (χ1) is 27.8. The second-order valence-corrected chi connectivity index (χ2v) is 16.5. The van der Waals surface area contributed by atoms with Crippen LogP contribution in [-0.4, -0.2) is 9.13 Å². The van der Waals surface area contributed by atoms with Gasteiger partial charge < -0.3 is 18.6 Å². The van der Waals surface area contributed by atoms with Crippen LogP contribution in [0.15, 0.2) is 133 Å². The third-order valence-corrected chi connectivity index (χ3v) is 12.7. The second kappa shape index (κ2) is 10.8. The van der Waals surface area contributed by atoms with E-state index in [1.54, 1.807) is 0 Å². The second-order valence-electron chi connectivity index (χ2n) is 16.5. The summed E-state index contributed by atoms with van der Waals surface area (Å²) in [7, 11) is 0. The van der Waals surface area contributed by atoms with Crippen molar-refractivity contribution in [1.29, 1.82) is 0 Å². The standard InChI is InChI=1S/C53H36N2O2/c1-28-9-13-46-48(19-28)56-50-21-30(3)17-42-40-23-32(11-15-44(40)54(46)52(42)50)35-26-37(39-24-33-7-5-6-8-36(33)38(39)27-35)34-12-16-45-41(25-34)43-18-31(4)22-51-53(43)55(45)47-14-10-29(2)20-49(47)57-51/h5-23,25-27H,24H2,1-4H3. The first-order valence-electron chi connectivity index (χ1n) is 19.9. The van der Waals surface area contributed by atoms with Gasteiger partial charge in [0, 0.05) is 21.5 Å². The Hall–Kier alpha value is -7.04. The predicted molar refractivity (Wildman–Crippen MR) is 233 cm³/mol. The Morgan fingerprint density at radius 1 is 0.404 bits per heavy atom. The molecule has 4 nitrogen and oxygen atoms in total. The molecule has 2 aromatic heterocycles. The number of rotatable bonds is 2. The van der Waals surface area contributed by atoms with Crippen molar-refractivity contribution < 1.29 is 9.47 Å². The molecule has 3 aliphatic rings. The van der Waals surface area contributed by atoms with Gasteiger partial charge in [0.05, 0.1) is 33.4 Å². The minimum atomic E-state index is 0.901. The van der Waals surface area contributed by atoms with Crippen LogP contribution in [-0.2, 0) is 6.42 Å². The van der Waals surface area contributed by atoms with Gasteiger partial charge in [-0.1, -0.05) is 48.5 Å². The van der Waals surface area contributed by atoms with Crippen LogP contribution in [0, 0.1) is 27.7 Å². The number of aryl methyl sites for hydroxylation is 4. The molecule has 0 radical (unpaired) electrons. The van der Waals surface area contributed by atoms with Crippen LogP contribution in [0.4, 0.5) is 0 Å². The summed E-state index contributed by atoms with van der Waals surface area (Å²) in [6, 6.07) is 49.9. The fraction of sp³-hybridized carbons (Fsp3) is 0.0943. The molecule has 0 fully saturated rings. The topological polar surface area (TPSA) is 28.3 Å². The summed E-state index contributed by atoms with van der Waals surface area (Å²) in [5.41, 5.74) is 21.9. The van der Waals surface area contributed by atoms with Gasteiger partial charge in [0.25, 0.3) is 0 Å². The zero-order chi connectivity index (χ0) is 37.8. The van der Waals surface area contributed by atoms with Crippen molar-refractivity contribution in [3.05, 3.63) is 167 Å². The summed E-state index contributed by atoms with van der Waals surface area (Å²) in [5, 5.41) is 4.91. The molecule has 57 heavy (non-hydrogen) atoms. The molecule has 4 heterocycles. The van der Waals surface area contributed by atoms with E-state index in [4.69, 9.17) is 9.47 Å². The molecule has 10 aromatic rings. The minimum absolute atomic E-state index is 0.901. The van der Waals surface area contributed by atoms with Crippen LogP contribution in [0.2, 0.25) is 0 Å². The number of fused-ring (bicyclic) bond motifs is 13. The van der Waals surface area contributed by atoms with Crippen molar-refractivity contribution >= 4 is 43.6 Å². The minimum Gasteiger partial charge on any atom is -0.453 e. The highest BCUT2D eigenvalue weighted by atomic mass is 16.5. The monoisotopic (exact) mass is 732 g/mol. The number of hydrogen-bond acceptors (Lipinski definition) is 2. The first-order valence-corrected chi connectivity index (χ1v) is 19.9. The lowest BCUT2D eigenvalue weighted by atomic mass is 9.90. The van der Waals surface area contributed by atoms with Gasteiger partial charge in [-0.3, -0.25) is 0 Å². The Morgan fingerprint density at radius 3 is 1.58 bits per heavy atom. The molecule has 0 amide bonds. The highest BCUT2D eigenvalue weighted by Gasteiger charge is 2.28. The van der Waals surface area contributed by atoms with Crippen molar-refractivity contribution in [3.8, 4) is 67.8 Å².